The average molecular weight is 497 g/mol. The predicted octanol–water partition coefficient (Wildman–Crippen LogP) is 1.06. The van der Waals surface area contributed by atoms with Crippen LogP contribution in [0, 0.1) is 5.82 Å². The van der Waals surface area contributed by atoms with Gasteiger partial charge in [0.2, 0.25) is 0 Å². The third-order valence-corrected chi connectivity index (χ3v) is 7.19. The summed E-state index contributed by atoms with van der Waals surface area (Å²) in [7, 11) is -4.19. The molecule has 14 heteroatoms. The van der Waals surface area contributed by atoms with E-state index in [0.29, 0.717) is 21.0 Å². The molecule has 11 nitrogen and oxygen atoms in total. The number of nitrogens with zero attached hydrogens (tertiary/aromatic N) is 4. The number of aromatic nitrogens is 4. The molecule has 1 saturated heterocycles. The largest absolute Gasteiger partial charge is 0.390 e. The van der Waals surface area contributed by atoms with E-state index in [1.165, 1.54) is 11.0 Å². The van der Waals surface area contributed by atoms with Crippen molar-refractivity contribution in [2.24, 2.45) is 5.14 Å². The number of ether oxygens (including phenoxy) is 1. The highest BCUT2D eigenvalue weighted by molar-refractivity contribution is 7.99. The van der Waals surface area contributed by atoms with Crippen LogP contribution in [0.2, 0.25) is 0 Å². The molecule has 2 aromatic heterocycles. The van der Waals surface area contributed by atoms with Gasteiger partial charge in [0, 0.05) is 11.3 Å². The van der Waals surface area contributed by atoms with Gasteiger partial charge in [-0.15, -0.1) is 0 Å². The minimum Gasteiger partial charge on any atom is -0.390 e. The average Bonchev–Trinajstić information content (AvgIpc) is 3.44. The van der Waals surface area contributed by atoms with Gasteiger partial charge in [-0.1, -0.05) is 11.8 Å². The number of nitrogens with two attached hydrogens (primary N) is 2. The van der Waals surface area contributed by atoms with E-state index >= 15 is 0 Å². The number of hydrogen-bond acceptors (Lipinski definition) is 10. The van der Waals surface area contributed by atoms with Gasteiger partial charge in [-0.3, -0.25) is 4.18 Å². The summed E-state index contributed by atoms with van der Waals surface area (Å²) in [5, 5.41) is 20.5. The van der Waals surface area contributed by atoms with Crippen molar-refractivity contribution in [3.8, 4) is 0 Å². The Hall–Kier alpha value is -2.36. The maximum atomic E-state index is 14.8. The summed E-state index contributed by atoms with van der Waals surface area (Å²) in [5.74, 6) is -0.172. The first-order valence-corrected chi connectivity index (χ1v) is 12.5. The molecule has 176 valence electrons. The van der Waals surface area contributed by atoms with E-state index < -0.39 is 35.3 Å². The van der Waals surface area contributed by atoms with Gasteiger partial charge in [0.15, 0.2) is 11.9 Å². The molecule has 5 N–H and O–H groups in total. The van der Waals surface area contributed by atoms with Crippen LogP contribution in [-0.4, -0.2) is 52.1 Å². The number of aliphatic hydroxyl groups excluding tert-OH is 1. The summed E-state index contributed by atoms with van der Waals surface area (Å²) >= 11 is 1.11. The van der Waals surface area contributed by atoms with E-state index in [0.717, 1.165) is 42.2 Å². The zero-order chi connectivity index (χ0) is 23.3. The lowest BCUT2D eigenvalue weighted by molar-refractivity contribution is -0.0415. The summed E-state index contributed by atoms with van der Waals surface area (Å²) in [6, 6.07) is 3.40. The molecule has 0 unspecified atom stereocenters. The summed E-state index contributed by atoms with van der Waals surface area (Å²) in [5.41, 5.74) is 8.58. The molecule has 1 aromatic carbocycles. The lowest BCUT2D eigenvalue weighted by atomic mass is 10.1. The third kappa shape index (κ3) is 4.41. The molecule has 0 bridgehead atoms. The fraction of sp³-hybridized carbons (Fsp3) is 0.421. The lowest BCUT2D eigenvalue weighted by Gasteiger charge is -2.14. The van der Waals surface area contributed by atoms with Crippen LogP contribution in [0.4, 0.5) is 10.2 Å². The number of aryl methyl sites for hydroxylation is 2. The number of rotatable bonds is 6. The maximum Gasteiger partial charge on any atom is 0.333 e. The fourth-order valence-electron chi connectivity index (χ4n) is 4.17. The first kappa shape index (κ1) is 22.4. The number of nitrogen functional groups attached to an aromatic ring is 1. The minimum atomic E-state index is -4.19. The second kappa shape index (κ2) is 8.45. The van der Waals surface area contributed by atoms with Crippen molar-refractivity contribution >= 4 is 38.9 Å². The number of halogens is 1. The molecule has 1 aliphatic carbocycles. The zero-order valence-corrected chi connectivity index (χ0v) is 18.9. The van der Waals surface area contributed by atoms with Crippen LogP contribution < -0.4 is 10.9 Å². The Morgan fingerprint density at radius 1 is 1.30 bits per heavy atom. The van der Waals surface area contributed by atoms with Gasteiger partial charge in [0.05, 0.1) is 18.1 Å². The second-order valence-corrected chi connectivity index (χ2v) is 10.2. The zero-order valence-electron chi connectivity index (χ0n) is 17.2. The number of anilines is 1. The predicted molar refractivity (Wildman–Crippen MR) is 116 cm³/mol. The molecule has 1 fully saturated rings. The molecule has 3 aromatic rings. The Morgan fingerprint density at radius 2 is 2.06 bits per heavy atom. The molecular formula is C19H21FN6O5S2. The topological polar surface area (TPSA) is 168 Å². The van der Waals surface area contributed by atoms with Crippen molar-refractivity contribution in [2.45, 2.75) is 54.0 Å². The highest BCUT2D eigenvalue weighted by Gasteiger charge is 2.38. The van der Waals surface area contributed by atoms with Crippen LogP contribution in [0.3, 0.4) is 0 Å². The van der Waals surface area contributed by atoms with E-state index in [4.69, 9.17) is 15.6 Å². The molecule has 0 amide bonds. The monoisotopic (exact) mass is 496 g/mol. The third-order valence-electron chi connectivity index (χ3n) is 5.71. The van der Waals surface area contributed by atoms with E-state index in [1.54, 1.807) is 6.07 Å². The number of hydrogen-bond donors (Lipinski definition) is 3. The van der Waals surface area contributed by atoms with Gasteiger partial charge in [-0.2, -0.15) is 13.5 Å². The Morgan fingerprint density at radius 3 is 2.82 bits per heavy atom. The maximum absolute atomic E-state index is 14.8. The SMILES string of the molecule is Nc1ncnc2c1c(Sc1cc3c(cc1F)CCC3)nn2[C@H]1C[C@H](O)[C@@H](COS(N)(=O)=O)O1. The standard InChI is InChI=1S/C19H21FN6O5S2/c20-11-4-9-2-1-3-10(9)5-14(11)32-19-16-17(21)23-8-24-18(16)26(25-19)15-6-12(27)13(31-15)7-30-33(22,28)29/h4-5,8,12-13,15,27H,1-3,6-7H2,(H2,21,23,24)(H2,22,28,29)/t12-,13+,15+/m0/s1. The van der Waals surface area contributed by atoms with E-state index in [9.17, 15) is 17.9 Å². The Balaban J connectivity index is 1.48. The van der Waals surface area contributed by atoms with Crippen molar-refractivity contribution in [2.75, 3.05) is 12.3 Å². The molecule has 1 aliphatic heterocycles. The van der Waals surface area contributed by atoms with Crippen molar-refractivity contribution in [3.63, 3.8) is 0 Å². The lowest BCUT2D eigenvalue weighted by Crippen LogP contribution is -2.30. The Bertz CT molecular complexity index is 1330. The number of benzene rings is 1. The fourth-order valence-corrected chi connectivity index (χ4v) is 5.48. The molecule has 5 rings (SSSR count). The van der Waals surface area contributed by atoms with Crippen LogP contribution in [0.5, 0.6) is 0 Å². The highest BCUT2D eigenvalue weighted by Crippen LogP contribution is 2.40. The second-order valence-electron chi connectivity index (χ2n) is 7.92. The van der Waals surface area contributed by atoms with Crippen LogP contribution in [0.1, 0.15) is 30.2 Å². The number of aliphatic hydroxyl groups is 1. The normalized spacial score (nSPS) is 22.8. The molecule has 0 radical (unpaired) electrons. The van der Waals surface area contributed by atoms with Gasteiger partial charge in [0.25, 0.3) is 0 Å². The Labute approximate surface area is 192 Å². The van der Waals surface area contributed by atoms with Crippen molar-refractivity contribution < 1.29 is 26.8 Å². The van der Waals surface area contributed by atoms with Crippen LogP contribution in [0.25, 0.3) is 11.0 Å². The van der Waals surface area contributed by atoms with Crippen molar-refractivity contribution in [1.29, 1.82) is 0 Å². The molecular weight excluding hydrogens is 475 g/mol. The van der Waals surface area contributed by atoms with E-state index in [-0.39, 0.29) is 18.1 Å². The molecule has 0 spiro atoms. The smallest absolute Gasteiger partial charge is 0.333 e. The first-order chi connectivity index (χ1) is 15.7. The highest BCUT2D eigenvalue weighted by atomic mass is 32.2. The number of fused-ring (bicyclic) bond motifs is 2. The molecule has 33 heavy (non-hydrogen) atoms. The van der Waals surface area contributed by atoms with Gasteiger partial charge in [-0.05, 0) is 42.5 Å². The van der Waals surface area contributed by atoms with Crippen LogP contribution in [-0.2, 0) is 32.1 Å². The molecule has 3 heterocycles. The van der Waals surface area contributed by atoms with Crippen LogP contribution in [0.15, 0.2) is 28.4 Å². The van der Waals surface area contributed by atoms with E-state index in [2.05, 4.69) is 19.2 Å². The van der Waals surface area contributed by atoms with Crippen molar-refractivity contribution in [3.05, 3.63) is 35.4 Å². The van der Waals surface area contributed by atoms with Crippen LogP contribution >= 0.6 is 11.8 Å². The molecule has 0 saturated carbocycles. The Kier molecular flexibility index (Phi) is 5.74. The summed E-state index contributed by atoms with van der Waals surface area (Å²) in [6.07, 6.45) is 1.37. The molecule has 3 atom stereocenters. The van der Waals surface area contributed by atoms with Crippen molar-refractivity contribution in [1.82, 2.24) is 19.7 Å². The summed E-state index contributed by atoms with van der Waals surface area (Å²) < 4.78 is 48.7. The van der Waals surface area contributed by atoms with Gasteiger partial charge < -0.3 is 15.6 Å². The van der Waals surface area contributed by atoms with Gasteiger partial charge in [-0.25, -0.2) is 24.2 Å². The van der Waals surface area contributed by atoms with E-state index in [1.807, 2.05) is 6.07 Å². The van der Waals surface area contributed by atoms with Gasteiger partial charge >= 0.3 is 10.3 Å². The minimum absolute atomic E-state index is 0.0939. The summed E-state index contributed by atoms with van der Waals surface area (Å²) in [6.45, 7) is -0.450. The first-order valence-electron chi connectivity index (χ1n) is 10.2. The quantitative estimate of drug-likeness (QED) is 0.448. The molecule has 2 aliphatic rings. The van der Waals surface area contributed by atoms with Gasteiger partial charge in [0.1, 0.15) is 29.1 Å². The summed E-state index contributed by atoms with van der Waals surface area (Å²) in [4.78, 5) is 8.70.